The number of methoxy groups -OCH3 is 1. The van der Waals surface area contributed by atoms with Crippen molar-refractivity contribution in [3.05, 3.63) is 42.4 Å². The second-order valence-corrected chi connectivity index (χ2v) is 4.38. The molecule has 0 spiro atoms. The fourth-order valence-corrected chi connectivity index (χ4v) is 1.95. The van der Waals surface area contributed by atoms with Crippen molar-refractivity contribution in [2.75, 3.05) is 20.2 Å². The first-order valence-corrected chi connectivity index (χ1v) is 6.20. The van der Waals surface area contributed by atoms with Crippen molar-refractivity contribution in [2.24, 2.45) is 0 Å². The largest absolute Gasteiger partial charge is 0.497 e. The van der Waals surface area contributed by atoms with Gasteiger partial charge in [-0.05, 0) is 12.1 Å². The maximum Gasteiger partial charge on any atom is 0.241 e. The van der Waals surface area contributed by atoms with Gasteiger partial charge in [0.1, 0.15) is 17.2 Å². The molecule has 0 bridgehead atoms. The summed E-state index contributed by atoms with van der Waals surface area (Å²) in [5, 5.41) is 3.23. The van der Waals surface area contributed by atoms with Crippen molar-refractivity contribution in [3.8, 4) is 17.4 Å². The van der Waals surface area contributed by atoms with Crippen molar-refractivity contribution >= 4 is 0 Å². The molecule has 3 rings (SSSR count). The molecule has 2 heterocycles. The highest BCUT2D eigenvalue weighted by Crippen LogP contribution is 2.30. The summed E-state index contributed by atoms with van der Waals surface area (Å²) in [6.07, 6.45) is 3.34. The van der Waals surface area contributed by atoms with Crippen molar-refractivity contribution in [1.82, 2.24) is 15.3 Å². The zero-order valence-corrected chi connectivity index (χ0v) is 10.7. The third-order valence-corrected chi connectivity index (χ3v) is 3.12. The second kappa shape index (κ2) is 5.24. The maximum absolute atomic E-state index is 5.83. The fourth-order valence-electron chi connectivity index (χ4n) is 1.95. The Kier molecular flexibility index (Phi) is 3.29. The highest BCUT2D eigenvalue weighted by Gasteiger charge is 2.24. The predicted molar refractivity (Wildman–Crippen MR) is 70.7 cm³/mol. The molecule has 1 aromatic heterocycles. The van der Waals surface area contributed by atoms with Crippen molar-refractivity contribution in [3.63, 3.8) is 0 Å². The van der Waals surface area contributed by atoms with E-state index in [0.29, 0.717) is 17.5 Å². The molecule has 0 unspecified atom stereocenters. The third kappa shape index (κ3) is 2.51. The average Bonchev–Trinajstić information content (AvgIpc) is 2.39. The number of ether oxygens (including phenoxy) is 2. The van der Waals surface area contributed by atoms with Gasteiger partial charge in [-0.25, -0.2) is 4.98 Å². The minimum atomic E-state index is 0.384. The Labute approximate surface area is 111 Å². The van der Waals surface area contributed by atoms with E-state index in [0.717, 1.165) is 24.5 Å². The molecule has 1 fully saturated rings. The molecule has 0 atom stereocenters. The highest BCUT2D eigenvalue weighted by molar-refractivity contribution is 5.36. The zero-order valence-electron chi connectivity index (χ0n) is 10.7. The van der Waals surface area contributed by atoms with E-state index in [2.05, 4.69) is 15.3 Å². The smallest absolute Gasteiger partial charge is 0.241 e. The number of hydrogen-bond donors (Lipinski definition) is 1. The number of nitrogens with zero attached hydrogens (tertiary/aromatic N) is 2. The Bertz CT molecular complexity index is 570. The second-order valence-electron chi connectivity index (χ2n) is 4.38. The first-order chi connectivity index (χ1) is 9.36. The van der Waals surface area contributed by atoms with Crippen LogP contribution in [0.3, 0.4) is 0 Å². The Morgan fingerprint density at radius 1 is 1.16 bits per heavy atom. The van der Waals surface area contributed by atoms with Crippen LogP contribution in [0.25, 0.3) is 0 Å². The van der Waals surface area contributed by atoms with E-state index in [1.807, 2.05) is 24.3 Å². The van der Waals surface area contributed by atoms with Gasteiger partial charge >= 0.3 is 0 Å². The van der Waals surface area contributed by atoms with Crippen molar-refractivity contribution in [2.45, 2.75) is 5.92 Å². The summed E-state index contributed by atoms with van der Waals surface area (Å²) in [7, 11) is 1.63. The molecule has 2 aromatic rings. The van der Waals surface area contributed by atoms with Crippen LogP contribution < -0.4 is 14.8 Å². The molecule has 1 N–H and O–H groups in total. The van der Waals surface area contributed by atoms with Crippen molar-refractivity contribution < 1.29 is 9.47 Å². The van der Waals surface area contributed by atoms with Crippen LogP contribution in [0.5, 0.6) is 17.4 Å². The molecule has 0 saturated carbocycles. The van der Waals surface area contributed by atoms with E-state index >= 15 is 0 Å². The van der Waals surface area contributed by atoms with Crippen LogP contribution in [-0.4, -0.2) is 30.2 Å². The maximum atomic E-state index is 5.83. The van der Waals surface area contributed by atoms with Gasteiger partial charge in [-0.1, -0.05) is 6.07 Å². The lowest BCUT2D eigenvalue weighted by molar-refractivity contribution is 0.391. The van der Waals surface area contributed by atoms with Gasteiger partial charge in [0.2, 0.25) is 5.88 Å². The summed E-state index contributed by atoms with van der Waals surface area (Å²) in [5.41, 5.74) is 0.907. The fraction of sp³-hybridized carbons (Fsp3) is 0.286. The molecule has 5 nitrogen and oxygen atoms in total. The van der Waals surface area contributed by atoms with Crippen LogP contribution in [0.2, 0.25) is 0 Å². The molecule has 0 amide bonds. The van der Waals surface area contributed by atoms with Crippen LogP contribution in [0, 0.1) is 0 Å². The van der Waals surface area contributed by atoms with Crippen LogP contribution in [-0.2, 0) is 0 Å². The summed E-state index contributed by atoms with van der Waals surface area (Å²) in [5.74, 6) is 2.41. The van der Waals surface area contributed by atoms with E-state index in [1.54, 1.807) is 19.5 Å². The molecule has 1 saturated heterocycles. The Morgan fingerprint density at radius 2 is 1.95 bits per heavy atom. The minimum Gasteiger partial charge on any atom is -0.497 e. The van der Waals surface area contributed by atoms with Crippen LogP contribution in [0.4, 0.5) is 0 Å². The normalized spacial score (nSPS) is 14.8. The SMILES string of the molecule is COc1cccc(Oc2nccnc2C2CNC2)c1. The van der Waals surface area contributed by atoms with E-state index in [-0.39, 0.29) is 0 Å². The topological polar surface area (TPSA) is 56.3 Å². The number of aromatic nitrogens is 2. The number of nitrogens with one attached hydrogen (secondary N) is 1. The molecular weight excluding hydrogens is 242 g/mol. The van der Waals surface area contributed by atoms with Gasteiger partial charge < -0.3 is 14.8 Å². The average molecular weight is 257 g/mol. The standard InChI is InChI=1S/C14H15N3O2/c1-18-11-3-2-4-12(7-11)19-14-13(10-8-15-9-10)16-5-6-17-14/h2-7,10,15H,8-9H2,1H3. The molecule has 0 radical (unpaired) electrons. The third-order valence-electron chi connectivity index (χ3n) is 3.12. The van der Waals surface area contributed by atoms with Gasteiger partial charge in [0, 0.05) is 37.5 Å². The van der Waals surface area contributed by atoms with Crippen molar-refractivity contribution in [1.29, 1.82) is 0 Å². The molecule has 98 valence electrons. The van der Waals surface area contributed by atoms with E-state index in [9.17, 15) is 0 Å². The van der Waals surface area contributed by atoms with Gasteiger partial charge in [-0.2, -0.15) is 0 Å². The lowest BCUT2D eigenvalue weighted by atomic mass is 9.99. The molecule has 19 heavy (non-hydrogen) atoms. The minimum absolute atomic E-state index is 0.384. The molecule has 1 aliphatic rings. The number of rotatable bonds is 4. The summed E-state index contributed by atoms with van der Waals surface area (Å²) < 4.78 is 11.0. The number of hydrogen-bond acceptors (Lipinski definition) is 5. The lowest BCUT2D eigenvalue weighted by Gasteiger charge is -2.27. The molecular formula is C14H15N3O2. The van der Waals surface area contributed by atoms with Gasteiger partial charge in [0.15, 0.2) is 0 Å². The lowest BCUT2D eigenvalue weighted by Crippen LogP contribution is -2.40. The van der Waals surface area contributed by atoms with Crippen LogP contribution in [0.15, 0.2) is 36.7 Å². The van der Waals surface area contributed by atoms with E-state index in [1.165, 1.54) is 0 Å². The van der Waals surface area contributed by atoms with Gasteiger partial charge in [0.25, 0.3) is 0 Å². The van der Waals surface area contributed by atoms with Gasteiger partial charge in [0.05, 0.1) is 7.11 Å². The zero-order chi connectivity index (χ0) is 13.1. The van der Waals surface area contributed by atoms with Gasteiger partial charge in [-0.3, -0.25) is 4.98 Å². The first-order valence-electron chi connectivity index (χ1n) is 6.20. The summed E-state index contributed by atoms with van der Waals surface area (Å²) in [6, 6.07) is 7.47. The Hall–Kier alpha value is -2.14. The van der Waals surface area contributed by atoms with E-state index in [4.69, 9.17) is 9.47 Å². The quantitative estimate of drug-likeness (QED) is 0.907. The Balaban J connectivity index is 1.85. The van der Waals surface area contributed by atoms with Crippen LogP contribution in [0.1, 0.15) is 11.6 Å². The molecule has 5 heteroatoms. The number of benzene rings is 1. The predicted octanol–water partition coefficient (Wildman–Crippen LogP) is 1.96. The summed E-state index contributed by atoms with van der Waals surface area (Å²) in [6.45, 7) is 1.85. The molecule has 0 aliphatic carbocycles. The summed E-state index contributed by atoms with van der Waals surface area (Å²) >= 11 is 0. The molecule has 1 aliphatic heterocycles. The monoisotopic (exact) mass is 257 g/mol. The van der Waals surface area contributed by atoms with Gasteiger partial charge in [-0.15, -0.1) is 0 Å². The van der Waals surface area contributed by atoms with E-state index < -0.39 is 0 Å². The Morgan fingerprint density at radius 3 is 2.68 bits per heavy atom. The molecule has 1 aromatic carbocycles. The first kappa shape index (κ1) is 11.9. The summed E-state index contributed by atoms with van der Waals surface area (Å²) in [4.78, 5) is 8.66. The van der Waals surface area contributed by atoms with Crippen LogP contribution >= 0.6 is 0 Å². The highest BCUT2D eigenvalue weighted by atomic mass is 16.5.